The van der Waals surface area contributed by atoms with Gasteiger partial charge in [0, 0.05) is 26.3 Å². The quantitative estimate of drug-likeness (QED) is 0.890. The van der Waals surface area contributed by atoms with Crippen molar-refractivity contribution in [2.75, 3.05) is 39.6 Å². The third-order valence-corrected chi connectivity index (χ3v) is 4.49. The largest absolute Gasteiger partial charge is 0.378 e. The molecule has 0 aliphatic rings. The summed E-state index contributed by atoms with van der Waals surface area (Å²) in [5.41, 5.74) is 2.37. The molecule has 0 aliphatic carbocycles. The first-order valence-electron chi connectivity index (χ1n) is 7.24. The van der Waals surface area contributed by atoms with Gasteiger partial charge in [0.15, 0.2) is 0 Å². The maximum absolute atomic E-state index is 12.1. The number of nitrogens with one attached hydrogen (secondary N) is 1. The SMILES string of the molecule is CN(C)c1ccc([C@@H](CNC(=O)c2cccs2)N(C)C)cc1. The first-order chi connectivity index (χ1) is 10.5. The fourth-order valence-electron chi connectivity index (χ4n) is 2.28. The Hall–Kier alpha value is -1.85. The molecule has 22 heavy (non-hydrogen) atoms. The molecule has 1 amide bonds. The van der Waals surface area contributed by atoms with Gasteiger partial charge in [0.25, 0.3) is 5.91 Å². The summed E-state index contributed by atoms with van der Waals surface area (Å²) in [6.45, 7) is 0.588. The fourth-order valence-corrected chi connectivity index (χ4v) is 2.92. The number of benzene rings is 1. The van der Waals surface area contributed by atoms with E-state index in [0.717, 1.165) is 4.88 Å². The van der Waals surface area contributed by atoms with Gasteiger partial charge >= 0.3 is 0 Å². The zero-order valence-electron chi connectivity index (χ0n) is 13.5. The standard InChI is InChI=1S/C17H23N3OS/c1-19(2)14-9-7-13(8-10-14)15(20(3)4)12-18-17(21)16-6-5-11-22-16/h5-11,15H,12H2,1-4H3,(H,18,21)/t15-/m1/s1. The summed E-state index contributed by atoms with van der Waals surface area (Å²) < 4.78 is 0. The van der Waals surface area contributed by atoms with Crippen molar-refractivity contribution in [3.63, 3.8) is 0 Å². The van der Waals surface area contributed by atoms with Gasteiger partial charge in [-0.3, -0.25) is 4.79 Å². The van der Waals surface area contributed by atoms with Gasteiger partial charge in [-0.15, -0.1) is 11.3 Å². The lowest BCUT2D eigenvalue weighted by Crippen LogP contribution is -2.34. The molecule has 0 aliphatic heterocycles. The average Bonchev–Trinajstić information content (AvgIpc) is 3.01. The van der Waals surface area contributed by atoms with Crippen LogP contribution in [-0.2, 0) is 0 Å². The highest BCUT2D eigenvalue weighted by Crippen LogP contribution is 2.21. The fraction of sp³-hybridized carbons (Fsp3) is 0.353. The molecule has 0 bridgehead atoms. The Bertz CT molecular complexity index is 591. The topological polar surface area (TPSA) is 35.6 Å². The van der Waals surface area contributed by atoms with E-state index in [-0.39, 0.29) is 11.9 Å². The van der Waals surface area contributed by atoms with Crippen molar-refractivity contribution in [1.82, 2.24) is 10.2 Å². The number of hydrogen-bond acceptors (Lipinski definition) is 4. The van der Waals surface area contributed by atoms with Crippen LogP contribution >= 0.6 is 11.3 Å². The highest BCUT2D eigenvalue weighted by atomic mass is 32.1. The van der Waals surface area contributed by atoms with Crippen molar-refractivity contribution < 1.29 is 4.79 Å². The highest BCUT2D eigenvalue weighted by molar-refractivity contribution is 7.12. The summed E-state index contributed by atoms with van der Waals surface area (Å²) in [6.07, 6.45) is 0. The van der Waals surface area contributed by atoms with Crippen LogP contribution in [0.4, 0.5) is 5.69 Å². The predicted molar refractivity (Wildman–Crippen MR) is 93.8 cm³/mol. The molecule has 1 atom stereocenters. The first-order valence-corrected chi connectivity index (χ1v) is 8.12. The highest BCUT2D eigenvalue weighted by Gasteiger charge is 2.16. The van der Waals surface area contributed by atoms with Crippen LogP contribution in [0, 0.1) is 0 Å². The Morgan fingerprint density at radius 3 is 2.32 bits per heavy atom. The van der Waals surface area contributed by atoms with E-state index in [2.05, 4.69) is 39.4 Å². The van der Waals surface area contributed by atoms with E-state index in [4.69, 9.17) is 0 Å². The summed E-state index contributed by atoms with van der Waals surface area (Å²) in [5, 5.41) is 4.94. The van der Waals surface area contributed by atoms with Crippen LogP contribution in [0.5, 0.6) is 0 Å². The maximum Gasteiger partial charge on any atom is 0.261 e. The van der Waals surface area contributed by atoms with E-state index in [1.54, 1.807) is 0 Å². The minimum atomic E-state index is -0.00763. The molecule has 118 valence electrons. The van der Waals surface area contributed by atoms with Crippen LogP contribution in [0.1, 0.15) is 21.3 Å². The number of carbonyl (C=O) groups excluding carboxylic acids is 1. The Kier molecular flexibility index (Phi) is 5.57. The van der Waals surface area contributed by atoms with Crippen molar-refractivity contribution >= 4 is 22.9 Å². The van der Waals surface area contributed by atoms with Crippen LogP contribution in [0.3, 0.4) is 0 Å². The molecule has 4 nitrogen and oxygen atoms in total. The van der Waals surface area contributed by atoms with Crippen molar-refractivity contribution in [2.24, 2.45) is 0 Å². The van der Waals surface area contributed by atoms with Gasteiger partial charge in [0.1, 0.15) is 0 Å². The summed E-state index contributed by atoms with van der Waals surface area (Å²) in [6, 6.07) is 12.3. The number of carbonyl (C=O) groups is 1. The second-order valence-corrected chi connectivity index (χ2v) is 6.60. The van der Waals surface area contributed by atoms with Crippen molar-refractivity contribution in [3.05, 3.63) is 52.2 Å². The van der Waals surface area contributed by atoms with Crippen molar-refractivity contribution in [1.29, 1.82) is 0 Å². The van der Waals surface area contributed by atoms with Gasteiger partial charge < -0.3 is 15.1 Å². The lowest BCUT2D eigenvalue weighted by atomic mass is 10.1. The zero-order chi connectivity index (χ0) is 16.1. The summed E-state index contributed by atoms with van der Waals surface area (Å²) >= 11 is 1.46. The van der Waals surface area contributed by atoms with Crippen LogP contribution in [0.15, 0.2) is 41.8 Å². The molecule has 5 heteroatoms. The normalized spacial score (nSPS) is 12.2. The monoisotopic (exact) mass is 317 g/mol. The van der Waals surface area contributed by atoms with Gasteiger partial charge in [-0.05, 0) is 43.2 Å². The number of rotatable bonds is 6. The Balaban J connectivity index is 2.05. The van der Waals surface area contributed by atoms with E-state index >= 15 is 0 Å². The molecule has 0 unspecified atom stereocenters. The number of hydrogen-bond donors (Lipinski definition) is 1. The first kappa shape index (κ1) is 16.5. The van der Waals surface area contributed by atoms with Crippen LogP contribution in [0.25, 0.3) is 0 Å². The molecule has 0 fully saturated rings. The molecule has 1 aromatic carbocycles. The average molecular weight is 317 g/mol. The number of nitrogens with zero attached hydrogens (tertiary/aromatic N) is 2. The molecule has 0 saturated carbocycles. The molecule has 0 saturated heterocycles. The molecule has 0 spiro atoms. The lowest BCUT2D eigenvalue weighted by Gasteiger charge is -2.25. The number of thiophene rings is 1. The number of amides is 1. The molecule has 0 radical (unpaired) electrons. The molecule has 2 rings (SSSR count). The van der Waals surface area contributed by atoms with Gasteiger partial charge in [-0.25, -0.2) is 0 Å². The maximum atomic E-state index is 12.1. The minimum Gasteiger partial charge on any atom is -0.378 e. The van der Waals surface area contributed by atoms with E-state index in [9.17, 15) is 4.79 Å². The van der Waals surface area contributed by atoms with Crippen molar-refractivity contribution in [3.8, 4) is 0 Å². The molecule has 1 heterocycles. The van der Waals surface area contributed by atoms with Crippen molar-refractivity contribution in [2.45, 2.75) is 6.04 Å². The van der Waals surface area contributed by atoms with Crippen LogP contribution in [-0.4, -0.2) is 45.5 Å². The van der Waals surface area contributed by atoms with Gasteiger partial charge in [0.2, 0.25) is 0 Å². The van der Waals surface area contributed by atoms with E-state index in [0.29, 0.717) is 6.54 Å². The lowest BCUT2D eigenvalue weighted by molar-refractivity contribution is 0.0946. The molecule has 2 aromatic rings. The van der Waals surface area contributed by atoms with E-state index < -0.39 is 0 Å². The minimum absolute atomic E-state index is 0.00763. The van der Waals surface area contributed by atoms with Gasteiger partial charge in [-0.1, -0.05) is 18.2 Å². The third-order valence-electron chi connectivity index (χ3n) is 3.62. The molecule has 1 N–H and O–H groups in total. The summed E-state index contributed by atoms with van der Waals surface area (Å²) in [4.78, 5) is 17.0. The Labute approximate surface area is 136 Å². The molecule has 1 aromatic heterocycles. The number of likely N-dealkylation sites (N-methyl/N-ethyl adjacent to an activating group) is 1. The second kappa shape index (κ2) is 7.42. The second-order valence-electron chi connectivity index (χ2n) is 5.65. The predicted octanol–water partition coefficient (Wildman–Crippen LogP) is 2.85. The third kappa shape index (κ3) is 4.08. The number of anilines is 1. The molecular formula is C17H23N3OS. The zero-order valence-corrected chi connectivity index (χ0v) is 14.4. The summed E-state index contributed by atoms with van der Waals surface area (Å²) in [5.74, 6) is -0.00763. The van der Waals surface area contributed by atoms with E-state index in [1.807, 2.05) is 45.7 Å². The smallest absolute Gasteiger partial charge is 0.261 e. The van der Waals surface area contributed by atoms with Gasteiger partial charge in [0.05, 0.1) is 10.9 Å². The van der Waals surface area contributed by atoms with E-state index in [1.165, 1.54) is 22.6 Å². The Morgan fingerprint density at radius 1 is 1.14 bits per heavy atom. The van der Waals surface area contributed by atoms with Crippen LogP contribution < -0.4 is 10.2 Å². The molecular weight excluding hydrogens is 294 g/mol. The summed E-state index contributed by atoms with van der Waals surface area (Å²) in [7, 11) is 8.11. The Morgan fingerprint density at radius 2 is 1.82 bits per heavy atom. The van der Waals surface area contributed by atoms with Gasteiger partial charge in [-0.2, -0.15) is 0 Å². The van der Waals surface area contributed by atoms with Crippen LogP contribution in [0.2, 0.25) is 0 Å².